The fraction of sp³-hybridized carbons (Fsp3) is 0.0833. The van der Waals surface area contributed by atoms with Gasteiger partial charge in [0, 0.05) is 16.8 Å². The molecule has 0 aliphatic carbocycles. The lowest BCUT2D eigenvalue weighted by atomic mass is 10.1. The summed E-state index contributed by atoms with van der Waals surface area (Å²) in [4.78, 5) is 13.6. The molecule has 1 aromatic carbocycles. The van der Waals surface area contributed by atoms with Crippen LogP contribution in [-0.2, 0) is 6.18 Å². The number of benzene rings is 1. The van der Waals surface area contributed by atoms with E-state index in [1.807, 2.05) is 0 Å². The van der Waals surface area contributed by atoms with E-state index >= 15 is 0 Å². The van der Waals surface area contributed by atoms with Crippen molar-refractivity contribution in [3.8, 4) is 11.3 Å². The Morgan fingerprint density at radius 1 is 1.06 bits per heavy atom. The predicted octanol–water partition coefficient (Wildman–Crippen LogP) is 3.71. The van der Waals surface area contributed by atoms with Crippen molar-refractivity contribution < 1.29 is 13.2 Å². The second-order valence-corrected chi connectivity index (χ2v) is 4.09. The molecule has 2 nitrogen and oxygen atoms in total. The molecule has 0 amide bonds. The van der Waals surface area contributed by atoms with Crippen molar-refractivity contribution in [2.45, 2.75) is 6.18 Å². The van der Waals surface area contributed by atoms with E-state index in [0.29, 0.717) is 16.7 Å². The molecule has 0 radical (unpaired) electrons. The van der Waals surface area contributed by atoms with Gasteiger partial charge in [0.1, 0.15) is 0 Å². The minimum atomic E-state index is -4.55. The lowest BCUT2D eigenvalue weighted by Gasteiger charge is -2.08. The Labute approximate surface area is 105 Å². The highest BCUT2D eigenvalue weighted by Gasteiger charge is 2.31. The Morgan fingerprint density at radius 3 is 2.22 bits per heavy atom. The molecule has 0 unspecified atom stereocenters. The molecule has 2 rings (SSSR count). The minimum Gasteiger partial charge on any atom is -0.322 e. The number of alkyl halides is 3. The van der Waals surface area contributed by atoms with Crippen LogP contribution >= 0.6 is 11.6 Å². The minimum absolute atomic E-state index is 0.103. The molecule has 1 aromatic heterocycles. The summed E-state index contributed by atoms with van der Waals surface area (Å²) < 4.78 is 37.7. The van der Waals surface area contributed by atoms with Gasteiger partial charge in [0.2, 0.25) is 5.56 Å². The van der Waals surface area contributed by atoms with E-state index < -0.39 is 17.3 Å². The molecule has 0 saturated heterocycles. The Bertz CT molecular complexity index is 616. The van der Waals surface area contributed by atoms with Crippen LogP contribution in [0.5, 0.6) is 0 Å². The van der Waals surface area contributed by atoms with Crippen LogP contribution in [-0.4, -0.2) is 4.98 Å². The first kappa shape index (κ1) is 12.7. The van der Waals surface area contributed by atoms with E-state index in [4.69, 9.17) is 11.6 Å². The van der Waals surface area contributed by atoms with Gasteiger partial charge >= 0.3 is 6.18 Å². The van der Waals surface area contributed by atoms with Gasteiger partial charge in [-0.15, -0.1) is 0 Å². The van der Waals surface area contributed by atoms with Gasteiger partial charge in [0.05, 0.1) is 5.56 Å². The van der Waals surface area contributed by atoms with Crippen molar-refractivity contribution in [2.75, 3.05) is 0 Å². The van der Waals surface area contributed by atoms with E-state index in [2.05, 4.69) is 4.98 Å². The summed E-state index contributed by atoms with van der Waals surface area (Å²) in [6.07, 6.45) is -4.55. The van der Waals surface area contributed by atoms with E-state index in [1.54, 1.807) is 0 Å². The monoisotopic (exact) mass is 273 g/mol. The summed E-state index contributed by atoms with van der Waals surface area (Å²) in [6, 6.07) is 7.57. The van der Waals surface area contributed by atoms with Gasteiger partial charge in [-0.2, -0.15) is 13.2 Å². The van der Waals surface area contributed by atoms with Gasteiger partial charge in [-0.1, -0.05) is 23.7 Å². The van der Waals surface area contributed by atoms with Gasteiger partial charge in [-0.05, 0) is 23.8 Å². The number of rotatable bonds is 1. The summed E-state index contributed by atoms with van der Waals surface area (Å²) in [5.74, 6) is 0. The number of aromatic nitrogens is 1. The van der Waals surface area contributed by atoms with Crippen molar-refractivity contribution in [3.05, 3.63) is 57.3 Å². The Morgan fingerprint density at radius 2 is 1.67 bits per heavy atom. The molecule has 18 heavy (non-hydrogen) atoms. The molecule has 1 heterocycles. The van der Waals surface area contributed by atoms with Gasteiger partial charge in [0.15, 0.2) is 0 Å². The number of halogens is 4. The molecule has 0 atom stereocenters. The van der Waals surface area contributed by atoms with Gasteiger partial charge in [0.25, 0.3) is 0 Å². The maximum absolute atomic E-state index is 12.6. The molecule has 6 heteroatoms. The largest absolute Gasteiger partial charge is 0.416 e. The number of H-pyrrole nitrogens is 1. The second-order valence-electron chi connectivity index (χ2n) is 3.65. The number of nitrogens with one attached hydrogen (secondary N) is 1. The fourth-order valence-electron chi connectivity index (χ4n) is 1.49. The highest BCUT2D eigenvalue weighted by atomic mass is 35.5. The van der Waals surface area contributed by atoms with Crippen LogP contribution in [0.1, 0.15) is 5.56 Å². The molecule has 0 saturated carbocycles. The standard InChI is InChI=1S/C12H7ClF3NO/c13-9-3-1-7(2-4-9)10-5-8(12(14,15)16)6-11(18)17-10/h1-6H,(H,17,18). The van der Waals surface area contributed by atoms with Gasteiger partial charge in [-0.25, -0.2) is 0 Å². The first-order valence-electron chi connectivity index (χ1n) is 4.94. The van der Waals surface area contributed by atoms with Crippen molar-refractivity contribution in [2.24, 2.45) is 0 Å². The molecular weight excluding hydrogens is 267 g/mol. The van der Waals surface area contributed by atoms with Crippen LogP contribution in [0.4, 0.5) is 13.2 Å². The normalized spacial score (nSPS) is 11.6. The fourth-order valence-corrected chi connectivity index (χ4v) is 1.62. The predicted molar refractivity (Wildman–Crippen MR) is 62.5 cm³/mol. The molecule has 0 fully saturated rings. The lowest BCUT2D eigenvalue weighted by Crippen LogP contribution is -2.13. The van der Waals surface area contributed by atoms with Crippen LogP contribution in [0.2, 0.25) is 5.02 Å². The van der Waals surface area contributed by atoms with Gasteiger partial charge < -0.3 is 4.98 Å². The smallest absolute Gasteiger partial charge is 0.322 e. The third kappa shape index (κ3) is 2.73. The zero-order chi connectivity index (χ0) is 13.3. The van der Waals surface area contributed by atoms with Crippen LogP contribution < -0.4 is 5.56 Å². The topological polar surface area (TPSA) is 32.9 Å². The zero-order valence-corrected chi connectivity index (χ0v) is 9.64. The number of hydrogen-bond donors (Lipinski definition) is 1. The van der Waals surface area contributed by atoms with Gasteiger partial charge in [-0.3, -0.25) is 4.79 Å². The maximum atomic E-state index is 12.6. The third-order valence-electron chi connectivity index (χ3n) is 2.33. The number of hydrogen-bond acceptors (Lipinski definition) is 1. The summed E-state index contributed by atoms with van der Waals surface area (Å²) in [6.45, 7) is 0. The average molecular weight is 274 g/mol. The molecule has 0 spiro atoms. The van der Waals surface area contributed by atoms with Crippen molar-refractivity contribution >= 4 is 11.6 Å². The van der Waals surface area contributed by atoms with Crippen LogP contribution in [0.25, 0.3) is 11.3 Å². The summed E-state index contributed by atoms with van der Waals surface area (Å²) in [5.41, 5.74) is -1.21. The van der Waals surface area contributed by atoms with E-state index in [9.17, 15) is 18.0 Å². The number of pyridine rings is 1. The maximum Gasteiger partial charge on any atom is 0.416 e. The molecule has 0 bridgehead atoms. The lowest BCUT2D eigenvalue weighted by molar-refractivity contribution is -0.137. The van der Waals surface area contributed by atoms with Crippen LogP contribution in [0.15, 0.2) is 41.2 Å². The molecule has 0 aliphatic rings. The Hall–Kier alpha value is -1.75. The quantitative estimate of drug-likeness (QED) is 0.844. The Balaban J connectivity index is 2.55. The highest BCUT2D eigenvalue weighted by molar-refractivity contribution is 6.30. The highest BCUT2D eigenvalue weighted by Crippen LogP contribution is 2.30. The summed E-state index contributed by atoms with van der Waals surface area (Å²) in [5, 5.41) is 0.466. The molecular formula is C12H7ClF3NO. The number of aromatic amines is 1. The van der Waals surface area contributed by atoms with Crippen LogP contribution in [0, 0.1) is 0 Å². The molecule has 0 aliphatic heterocycles. The Kier molecular flexibility index (Phi) is 3.17. The van der Waals surface area contributed by atoms with Crippen molar-refractivity contribution in [1.82, 2.24) is 4.98 Å². The molecule has 94 valence electrons. The van der Waals surface area contributed by atoms with E-state index in [1.165, 1.54) is 24.3 Å². The third-order valence-corrected chi connectivity index (χ3v) is 2.58. The SMILES string of the molecule is O=c1cc(C(F)(F)F)cc(-c2ccc(Cl)cc2)[nH]1. The first-order valence-corrected chi connectivity index (χ1v) is 5.31. The molecule has 1 N–H and O–H groups in total. The van der Waals surface area contributed by atoms with E-state index in [0.717, 1.165) is 6.07 Å². The first-order chi connectivity index (χ1) is 8.36. The summed E-state index contributed by atoms with van der Waals surface area (Å²) >= 11 is 5.68. The second kappa shape index (κ2) is 4.49. The van der Waals surface area contributed by atoms with E-state index in [-0.39, 0.29) is 5.69 Å². The van der Waals surface area contributed by atoms with Crippen molar-refractivity contribution in [1.29, 1.82) is 0 Å². The molecule has 2 aromatic rings. The van der Waals surface area contributed by atoms with Crippen LogP contribution in [0.3, 0.4) is 0 Å². The van der Waals surface area contributed by atoms with Crippen molar-refractivity contribution in [3.63, 3.8) is 0 Å². The zero-order valence-electron chi connectivity index (χ0n) is 8.88. The average Bonchev–Trinajstić information content (AvgIpc) is 2.28. The summed E-state index contributed by atoms with van der Waals surface area (Å²) in [7, 11) is 0.